The molecular weight excluding hydrogens is 468 g/mol. The van der Waals surface area contributed by atoms with Gasteiger partial charge in [-0.25, -0.2) is 0 Å². The van der Waals surface area contributed by atoms with Crippen LogP contribution in [0.4, 0.5) is 22.7 Å². The molecule has 0 unspecified atom stereocenters. The third-order valence-electron chi connectivity index (χ3n) is 5.05. The van der Waals surface area contributed by atoms with Crippen LogP contribution in [0.5, 0.6) is 5.88 Å². The van der Waals surface area contributed by atoms with Crippen LogP contribution in [0, 0.1) is 10.1 Å². The predicted molar refractivity (Wildman–Crippen MR) is 130 cm³/mol. The zero-order chi connectivity index (χ0) is 25.7. The maximum atomic E-state index is 12.5. The Labute approximate surface area is 203 Å². The summed E-state index contributed by atoms with van der Waals surface area (Å²) in [6, 6.07) is 20.3. The maximum Gasteiger partial charge on any atom is 0.353 e. The number of nitro benzene ring substituents is 1. The number of aromatic hydroxyl groups is 1. The van der Waals surface area contributed by atoms with Crippen LogP contribution in [-0.2, 0) is 20.9 Å². The summed E-state index contributed by atoms with van der Waals surface area (Å²) in [6.45, 7) is -0.245. The number of non-ortho nitro benzene ring substituents is 1. The molecule has 3 amide bonds. The standard InChI is InChI=1S/C24H18N6O6/c31-20(25-15-6-2-1-3-7-15)14-29-19-9-5-4-8-18(19)21(24(29)34)27-28-23(33)22(32)26-16-10-12-17(13-11-16)30(35)36/h1-13,34H,14H2,(H,25,31)(H,26,32). The predicted octanol–water partition coefficient (Wildman–Crippen LogP) is 4.14. The van der Waals surface area contributed by atoms with Crippen molar-refractivity contribution >= 4 is 51.4 Å². The molecule has 0 aliphatic carbocycles. The summed E-state index contributed by atoms with van der Waals surface area (Å²) in [6.07, 6.45) is 0. The quantitative estimate of drug-likeness (QED) is 0.160. The number of rotatable bonds is 6. The Hall–Kier alpha value is -5.39. The molecule has 0 bridgehead atoms. The van der Waals surface area contributed by atoms with Crippen molar-refractivity contribution in [2.75, 3.05) is 10.6 Å². The summed E-state index contributed by atoms with van der Waals surface area (Å²) in [4.78, 5) is 47.0. The van der Waals surface area contributed by atoms with Crippen molar-refractivity contribution in [3.8, 4) is 5.88 Å². The van der Waals surface area contributed by atoms with Crippen molar-refractivity contribution in [2.45, 2.75) is 6.54 Å². The van der Waals surface area contributed by atoms with Crippen LogP contribution in [0.2, 0.25) is 0 Å². The van der Waals surface area contributed by atoms with E-state index in [1.54, 1.807) is 48.5 Å². The van der Waals surface area contributed by atoms with Gasteiger partial charge in [0.2, 0.25) is 11.8 Å². The minimum Gasteiger partial charge on any atom is -0.493 e. The van der Waals surface area contributed by atoms with Crippen molar-refractivity contribution in [3.63, 3.8) is 0 Å². The fraction of sp³-hybridized carbons (Fsp3) is 0.0417. The van der Waals surface area contributed by atoms with Crippen LogP contribution in [-0.4, -0.2) is 32.3 Å². The molecule has 3 aromatic carbocycles. The molecule has 12 nitrogen and oxygen atoms in total. The monoisotopic (exact) mass is 486 g/mol. The van der Waals surface area contributed by atoms with E-state index in [0.29, 0.717) is 16.6 Å². The molecule has 4 rings (SSSR count). The molecule has 4 aromatic rings. The highest BCUT2D eigenvalue weighted by atomic mass is 16.6. The normalized spacial score (nSPS) is 10.9. The molecule has 0 aliphatic rings. The number of anilines is 2. The Morgan fingerprint density at radius 2 is 1.53 bits per heavy atom. The van der Waals surface area contributed by atoms with E-state index in [2.05, 4.69) is 20.9 Å². The number of carbonyl (C=O) groups excluding carboxylic acids is 3. The van der Waals surface area contributed by atoms with Gasteiger partial charge in [-0.2, -0.15) is 0 Å². The fourth-order valence-electron chi connectivity index (χ4n) is 3.39. The number of fused-ring (bicyclic) bond motifs is 1. The lowest BCUT2D eigenvalue weighted by atomic mass is 10.2. The third kappa shape index (κ3) is 5.22. The lowest BCUT2D eigenvalue weighted by molar-refractivity contribution is -0.384. The Balaban J connectivity index is 1.52. The Morgan fingerprint density at radius 1 is 0.889 bits per heavy atom. The zero-order valence-corrected chi connectivity index (χ0v) is 18.5. The first-order valence-corrected chi connectivity index (χ1v) is 10.5. The van der Waals surface area contributed by atoms with Crippen molar-refractivity contribution in [3.05, 3.63) is 89.0 Å². The smallest absolute Gasteiger partial charge is 0.353 e. The van der Waals surface area contributed by atoms with E-state index in [1.165, 1.54) is 28.8 Å². The number of azo groups is 1. The SMILES string of the molecule is O=C(Cn1c(O)c(N=NC(=O)C(=O)Nc2ccc([N+](=O)[O-])cc2)c2ccccc21)Nc1ccccc1. The molecule has 0 atom stereocenters. The Kier molecular flexibility index (Phi) is 6.77. The van der Waals surface area contributed by atoms with Crippen LogP contribution in [0.25, 0.3) is 10.9 Å². The number of amides is 3. The van der Waals surface area contributed by atoms with Gasteiger partial charge in [-0.1, -0.05) is 36.4 Å². The van der Waals surface area contributed by atoms with E-state index >= 15 is 0 Å². The van der Waals surface area contributed by atoms with Crippen LogP contribution in [0.3, 0.4) is 0 Å². The number of nitrogens with one attached hydrogen (secondary N) is 2. The first kappa shape index (κ1) is 23.8. The molecule has 36 heavy (non-hydrogen) atoms. The summed E-state index contributed by atoms with van der Waals surface area (Å²) in [5.41, 5.74) is 0.939. The molecule has 180 valence electrons. The number of benzene rings is 3. The molecule has 0 saturated heterocycles. The fourth-order valence-corrected chi connectivity index (χ4v) is 3.39. The van der Waals surface area contributed by atoms with Gasteiger partial charge in [0.05, 0.1) is 10.4 Å². The summed E-state index contributed by atoms with van der Waals surface area (Å²) < 4.78 is 1.31. The summed E-state index contributed by atoms with van der Waals surface area (Å²) >= 11 is 0. The first-order chi connectivity index (χ1) is 17.3. The highest BCUT2D eigenvalue weighted by molar-refractivity contribution is 6.40. The van der Waals surface area contributed by atoms with Crippen molar-refractivity contribution in [2.24, 2.45) is 10.2 Å². The van der Waals surface area contributed by atoms with Crippen LogP contribution in [0.15, 0.2) is 89.1 Å². The average Bonchev–Trinajstić information content (AvgIpc) is 3.13. The van der Waals surface area contributed by atoms with Gasteiger partial charge >= 0.3 is 11.8 Å². The lowest BCUT2D eigenvalue weighted by Gasteiger charge is -2.08. The molecule has 1 aromatic heterocycles. The Morgan fingerprint density at radius 3 is 2.22 bits per heavy atom. The molecule has 12 heteroatoms. The zero-order valence-electron chi connectivity index (χ0n) is 18.5. The van der Waals surface area contributed by atoms with Gasteiger partial charge in [0.15, 0.2) is 5.69 Å². The van der Waals surface area contributed by atoms with E-state index in [-0.39, 0.29) is 23.6 Å². The molecule has 0 spiro atoms. The van der Waals surface area contributed by atoms with Gasteiger partial charge in [0.25, 0.3) is 5.69 Å². The van der Waals surface area contributed by atoms with Crippen molar-refractivity contribution in [1.29, 1.82) is 0 Å². The third-order valence-corrected chi connectivity index (χ3v) is 5.05. The Bertz CT molecular complexity index is 1500. The largest absolute Gasteiger partial charge is 0.493 e. The number of aromatic nitrogens is 1. The molecular formula is C24H18N6O6. The van der Waals surface area contributed by atoms with Gasteiger partial charge < -0.3 is 20.3 Å². The van der Waals surface area contributed by atoms with Gasteiger partial charge in [0, 0.05) is 28.9 Å². The second-order valence-electron chi connectivity index (χ2n) is 7.45. The van der Waals surface area contributed by atoms with Crippen molar-refractivity contribution in [1.82, 2.24) is 4.57 Å². The summed E-state index contributed by atoms with van der Waals surface area (Å²) in [5, 5.41) is 34.0. The van der Waals surface area contributed by atoms with Crippen LogP contribution < -0.4 is 10.6 Å². The highest BCUT2D eigenvalue weighted by Crippen LogP contribution is 2.38. The van der Waals surface area contributed by atoms with Crippen LogP contribution in [0.1, 0.15) is 0 Å². The molecule has 0 aliphatic heterocycles. The van der Waals surface area contributed by atoms with Crippen molar-refractivity contribution < 1.29 is 24.4 Å². The number of nitrogens with zero attached hydrogens (tertiary/aromatic N) is 4. The average molecular weight is 486 g/mol. The number of hydrogen-bond acceptors (Lipinski definition) is 7. The lowest BCUT2D eigenvalue weighted by Crippen LogP contribution is -2.20. The van der Waals surface area contributed by atoms with E-state index in [0.717, 1.165) is 0 Å². The first-order valence-electron chi connectivity index (χ1n) is 10.5. The van der Waals surface area contributed by atoms with E-state index in [4.69, 9.17) is 0 Å². The number of nitro groups is 1. The van der Waals surface area contributed by atoms with Gasteiger partial charge in [0.1, 0.15) is 6.54 Å². The summed E-state index contributed by atoms with van der Waals surface area (Å²) in [7, 11) is 0. The second-order valence-corrected chi connectivity index (χ2v) is 7.45. The van der Waals surface area contributed by atoms with Gasteiger partial charge in [-0.05, 0) is 30.3 Å². The van der Waals surface area contributed by atoms with E-state index < -0.39 is 28.5 Å². The molecule has 0 fully saturated rings. The van der Waals surface area contributed by atoms with E-state index in [9.17, 15) is 29.6 Å². The minimum absolute atomic E-state index is 0.0883. The van der Waals surface area contributed by atoms with Gasteiger partial charge in [-0.3, -0.25) is 24.5 Å². The maximum absolute atomic E-state index is 12.5. The number of hydrogen-bond donors (Lipinski definition) is 3. The number of carbonyl (C=O) groups is 3. The van der Waals surface area contributed by atoms with Crippen LogP contribution >= 0.6 is 0 Å². The molecule has 0 saturated carbocycles. The van der Waals surface area contributed by atoms with Gasteiger partial charge in [-0.15, -0.1) is 10.2 Å². The molecule has 3 N–H and O–H groups in total. The summed E-state index contributed by atoms with van der Waals surface area (Å²) in [5.74, 6) is -3.20. The minimum atomic E-state index is -1.26. The molecule has 1 heterocycles. The highest BCUT2D eigenvalue weighted by Gasteiger charge is 2.20. The number of para-hydroxylation sites is 2. The molecule has 0 radical (unpaired) electrons. The second kappa shape index (κ2) is 10.3. The topological polar surface area (TPSA) is 168 Å². The van der Waals surface area contributed by atoms with E-state index in [1.807, 2.05) is 6.07 Å².